The monoisotopic (exact) mass is 208 g/mol. The van der Waals surface area contributed by atoms with Gasteiger partial charge in [-0.15, -0.1) is 0 Å². The Morgan fingerprint density at radius 2 is 2.07 bits per heavy atom. The fourth-order valence-corrected chi connectivity index (χ4v) is 3.60. The van der Waals surface area contributed by atoms with Crippen LogP contribution in [0.1, 0.15) is 45.4 Å². The SMILES string of the molecule is CCCCC=CC1C2CCC(C2)C1CO. The van der Waals surface area contributed by atoms with E-state index in [1.54, 1.807) is 0 Å². The first kappa shape index (κ1) is 11.2. The lowest BCUT2D eigenvalue weighted by Crippen LogP contribution is -2.23. The van der Waals surface area contributed by atoms with Crippen molar-refractivity contribution in [1.29, 1.82) is 0 Å². The van der Waals surface area contributed by atoms with Gasteiger partial charge in [-0.1, -0.05) is 31.9 Å². The van der Waals surface area contributed by atoms with Crippen LogP contribution in [0.25, 0.3) is 0 Å². The number of hydrogen-bond donors (Lipinski definition) is 1. The summed E-state index contributed by atoms with van der Waals surface area (Å²) in [5.74, 6) is 3.01. The minimum absolute atomic E-state index is 0.407. The Labute approximate surface area is 93.6 Å². The molecule has 15 heavy (non-hydrogen) atoms. The maximum absolute atomic E-state index is 9.43. The van der Waals surface area contributed by atoms with Gasteiger partial charge in [0.15, 0.2) is 0 Å². The van der Waals surface area contributed by atoms with Crippen molar-refractivity contribution in [2.24, 2.45) is 23.7 Å². The van der Waals surface area contributed by atoms with E-state index in [2.05, 4.69) is 19.1 Å². The Morgan fingerprint density at radius 3 is 2.80 bits per heavy atom. The summed E-state index contributed by atoms with van der Waals surface area (Å²) in [5.41, 5.74) is 0. The fraction of sp³-hybridized carbons (Fsp3) is 0.857. The van der Waals surface area contributed by atoms with Crippen LogP contribution in [0, 0.1) is 23.7 Å². The van der Waals surface area contributed by atoms with Crippen LogP contribution in [0.5, 0.6) is 0 Å². The van der Waals surface area contributed by atoms with Crippen molar-refractivity contribution < 1.29 is 5.11 Å². The topological polar surface area (TPSA) is 20.2 Å². The van der Waals surface area contributed by atoms with Crippen molar-refractivity contribution in [3.63, 3.8) is 0 Å². The van der Waals surface area contributed by atoms with Gasteiger partial charge in [-0.3, -0.25) is 0 Å². The van der Waals surface area contributed by atoms with Crippen LogP contribution < -0.4 is 0 Å². The minimum atomic E-state index is 0.407. The number of fused-ring (bicyclic) bond motifs is 2. The minimum Gasteiger partial charge on any atom is -0.396 e. The lowest BCUT2D eigenvalue weighted by Gasteiger charge is -2.27. The second kappa shape index (κ2) is 5.16. The van der Waals surface area contributed by atoms with E-state index in [4.69, 9.17) is 0 Å². The molecule has 4 unspecified atom stereocenters. The summed E-state index contributed by atoms with van der Waals surface area (Å²) < 4.78 is 0. The third-order valence-corrected chi connectivity index (χ3v) is 4.45. The summed E-state index contributed by atoms with van der Waals surface area (Å²) in [4.78, 5) is 0. The first-order valence-corrected chi connectivity index (χ1v) is 6.64. The highest BCUT2D eigenvalue weighted by Gasteiger charge is 2.45. The summed E-state index contributed by atoms with van der Waals surface area (Å²) in [6, 6.07) is 0. The quantitative estimate of drug-likeness (QED) is 0.542. The molecule has 0 heterocycles. The van der Waals surface area contributed by atoms with Crippen molar-refractivity contribution in [2.45, 2.75) is 45.4 Å². The van der Waals surface area contributed by atoms with E-state index in [0.29, 0.717) is 18.4 Å². The van der Waals surface area contributed by atoms with E-state index in [1.165, 1.54) is 38.5 Å². The number of aliphatic hydroxyl groups is 1. The van der Waals surface area contributed by atoms with E-state index >= 15 is 0 Å². The number of allylic oxidation sites excluding steroid dienone is 2. The lowest BCUT2D eigenvalue weighted by molar-refractivity contribution is 0.146. The molecule has 2 bridgehead atoms. The average molecular weight is 208 g/mol. The molecule has 0 saturated heterocycles. The van der Waals surface area contributed by atoms with Crippen LogP contribution in [-0.4, -0.2) is 11.7 Å². The van der Waals surface area contributed by atoms with Gasteiger partial charge in [0, 0.05) is 6.61 Å². The summed E-state index contributed by atoms with van der Waals surface area (Å²) in [6.45, 7) is 2.64. The van der Waals surface area contributed by atoms with E-state index in [-0.39, 0.29) is 0 Å². The van der Waals surface area contributed by atoms with Gasteiger partial charge in [-0.2, -0.15) is 0 Å². The zero-order valence-corrected chi connectivity index (χ0v) is 9.86. The van der Waals surface area contributed by atoms with Crippen LogP contribution >= 0.6 is 0 Å². The Kier molecular flexibility index (Phi) is 3.85. The molecule has 2 fully saturated rings. The number of aliphatic hydroxyl groups excluding tert-OH is 1. The molecular weight excluding hydrogens is 184 g/mol. The Hall–Kier alpha value is -0.300. The van der Waals surface area contributed by atoms with Crippen LogP contribution in [0.15, 0.2) is 12.2 Å². The molecule has 0 aliphatic heterocycles. The molecule has 2 aliphatic rings. The molecule has 2 rings (SSSR count). The zero-order chi connectivity index (χ0) is 10.7. The van der Waals surface area contributed by atoms with E-state index in [0.717, 1.165) is 11.8 Å². The van der Waals surface area contributed by atoms with Gasteiger partial charge in [0.2, 0.25) is 0 Å². The largest absolute Gasteiger partial charge is 0.396 e. The van der Waals surface area contributed by atoms with Crippen molar-refractivity contribution in [1.82, 2.24) is 0 Å². The van der Waals surface area contributed by atoms with Crippen molar-refractivity contribution in [2.75, 3.05) is 6.61 Å². The molecular formula is C14H24O. The van der Waals surface area contributed by atoms with E-state index < -0.39 is 0 Å². The summed E-state index contributed by atoms with van der Waals surface area (Å²) >= 11 is 0. The third kappa shape index (κ3) is 2.28. The molecule has 1 nitrogen and oxygen atoms in total. The summed E-state index contributed by atoms with van der Waals surface area (Å²) in [7, 11) is 0. The van der Waals surface area contributed by atoms with Gasteiger partial charge in [0.05, 0.1) is 0 Å². The predicted octanol–water partition coefficient (Wildman–Crippen LogP) is 3.39. The smallest absolute Gasteiger partial charge is 0.0467 e. The van der Waals surface area contributed by atoms with Gasteiger partial charge in [0.25, 0.3) is 0 Å². The Bertz CT molecular complexity index is 221. The summed E-state index contributed by atoms with van der Waals surface area (Å²) in [6.07, 6.45) is 12.7. The molecule has 0 spiro atoms. The van der Waals surface area contributed by atoms with Gasteiger partial charge in [0.1, 0.15) is 0 Å². The fourth-order valence-electron chi connectivity index (χ4n) is 3.60. The van der Waals surface area contributed by atoms with Crippen molar-refractivity contribution >= 4 is 0 Å². The molecule has 0 radical (unpaired) electrons. The zero-order valence-electron chi connectivity index (χ0n) is 9.86. The molecule has 0 aromatic rings. The normalized spacial score (nSPS) is 39.3. The molecule has 2 aliphatic carbocycles. The first-order chi connectivity index (χ1) is 7.36. The van der Waals surface area contributed by atoms with Crippen LogP contribution in [-0.2, 0) is 0 Å². The number of hydrogen-bond acceptors (Lipinski definition) is 1. The van der Waals surface area contributed by atoms with Crippen molar-refractivity contribution in [3.05, 3.63) is 12.2 Å². The Balaban J connectivity index is 1.87. The highest BCUT2D eigenvalue weighted by molar-refractivity contribution is 5.05. The maximum Gasteiger partial charge on any atom is 0.0467 e. The van der Waals surface area contributed by atoms with Gasteiger partial charge in [-0.05, 0) is 49.4 Å². The molecule has 2 saturated carbocycles. The van der Waals surface area contributed by atoms with Crippen molar-refractivity contribution in [3.8, 4) is 0 Å². The van der Waals surface area contributed by atoms with E-state index in [9.17, 15) is 5.11 Å². The Morgan fingerprint density at radius 1 is 1.27 bits per heavy atom. The van der Waals surface area contributed by atoms with Crippen LogP contribution in [0.2, 0.25) is 0 Å². The highest BCUT2D eigenvalue weighted by atomic mass is 16.3. The number of unbranched alkanes of at least 4 members (excludes halogenated alkanes) is 2. The molecule has 0 amide bonds. The lowest BCUT2D eigenvalue weighted by atomic mass is 9.79. The van der Waals surface area contributed by atoms with E-state index in [1.807, 2.05) is 0 Å². The second-order valence-corrected chi connectivity index (χ2v) is 5.33. The maximum atomic E-state index is 9.43. The van der Waals surface area contributed by atoms with Gasteiger partial charge >= 0.3 is 0 Å². The highest BCUT2D eigenvalue weighted by Crippen LogP contribution is 2.52. The van der Waals surface area contributed by atoms with Crippen LogP contribution in [0.4, 0.5) is 0 Å². The molecule has 0 aromatic carbocycles. The molecule has 4 atom stereocenters. The second-order valence-electron chi connectivity index (χ2n) is 5.33. The van der Waals surface area contributed by atoms with Crippen LogP contribution in [0.3, 0.4) is 0 Å². The summed E-state index contributed by atoms with van der Waals surface area (Å²) in [5, 5.41) is 9.43. The molecule has 1 heteroatoms. The third-order valence-electron chi connectivity index (χ3n) is 4.45. The van der Waals surface area contributed by atoms with Gasteiger partial charge < -0.3 is 5.11 Å². The predicted molar refractivity (Wildman–Crippen MR) is 63.6 cm³/mol. The molecule has 86 valence electrons. The average Bonchev–Trinajstić information content (AvgIpc) is 2.84. The molecule has 1 N–H and O–H groups in total. The number of rotatable bonds is 5. The molecule has 0 aromatic heterocycles. The first-order valence-electron chi connectivity index (χ1n) is 6.64. The standard InChI is InChI=1S/C14H24O/c1-2-3-4-5-6-13-11-7-8-12(9-11)14(13)10-15/h5-6,11-15H,2-4,7-10H2,1H3. The van der Waals surface area contributed by atoms with Gasteiger partial charge in [-0.25, -0.2) is 0 Å².